The average Bonchev–Trinajstić information content (AvgIpc) is 2.37. The van der Waals surface area contributed by atoms with Crippen molar-refractivity contribution in [2.45, 2.75) is 20.3 Å². The van der Waals surface area contributed by atoms with Gasteiger partial charge < -0.3 is 10.1 Å². The van der Waals surface area contributed by atoms with Gasteiger partial charge in [0, 0.05) is 37.8 Å². The van der Waals surface area contributed by atoms with Crippen molar-refractivity contribution < 1.29 is 10.0 Å². The highest BCUT2D eigenvalue weighted by Gasteiger charge is 2.26. The molecule has 0 spiro atoms. The molecular weight excluding hydrogens is 230 g/mol. The second-order valence-corrected chi connectivity index (χ2v) is 4.74. The van der Waals surface area contributed by atoms with Crippen LogP contribution in [-0.2, 0) is 0 Å². The van der Waals surface area contributed by atoms with Crippen molar-refractivity contribution in [3.8, 4) is 0 Å². The van der Waals surface area contributed by atoms with E-state index in [9.17, 15) is 4.79 Å². The van der Waals surface area contributed by atoms with Crippen LogP contribution in [0.15, 0.2) is 23.6 Å². The number of oxime groups is 1. The number of hydrogen-bond donors (Lipinski definition) is 1. The topological polar surface area (TPSA) is 65.8 Å². The Morgan fingerprint density at radius 1 is 1.56 bits per heavy atom. The molecule has 1 amide bonds. The summed E-state index contributed by atoms with van der Waals surface area (Å²) in [4.78, 5) is 18.1. The molecule has 1 fully saturated rings. The highest BCUT2D eigenvalue weighted by Crippen LogP contribution is 2.16. The van der Waals surface area contributed by atoms with E-state index in [1.165, 1.54) is 0 Å². The normalized spacial score (nSPS) is 22.2. The Morgan fingerprint density at radius 3 is 2.94 bits per heavy atom. The van der Waals surface area contributed by atoms with E-state index in [0.717, 1.165) is 11.3 Å². The van der Waals surface area contributed by atoms with Crippen LogP contribution < -0.4 is 0 Å². The van der Waals surface area contributed by atoms with Crippen LogP contribution >= 0.6 is 0 Å². The van der Waals surface area contributed by atoms with Crippen LogP contribution in [0.5, 0.6) is 0 Å². The van der Waals surface area contributed by atoms with Crippen molar-refractivity contribution in [1.82, 2.24) is 9.88 Å². The Balaban J connectivity index is 2.12. The zero-order chi connectivity index (χ0) is 13.1. The molecule has 5 nitrogen and oxygen atoms in total. The van der Waals surface area contributed by atoms with Crippen molar-refractivity contribution in [1.29, 1.82) is 0 Å². The number of nitrogens with zero attached hydrogens (tertiary/aromatic N) is 3. The summed E-state index contributed by atoms with van der Waals surface area (Å²) in [5, 5.41) is 12.1. The number of rotatable bonds is 1. The molecule has 1 aliphatic rings. The summed E-state index contributed by atoms with van der Waals surface area (Å²) in [6.07, 6.45) is 3.95. The van der Waals surface area contributed by atoms with Gasteiger partial charge in [0.1, 0.15) is 0 Å². The standard InChI is InChI=1S/C13H17N3O2/c1-9-5-11(7-14-6-9)13(17)16-4-3-12(15-18)10(2)8-16/h5-7,10,18H,3-4,8H2,1-2H3/b15-12+. The van der Waals surface area contributed by atoms with E-state index in [2.05, 4.69) is 10.1 Å². The zero-order valence-corrected chi connectivity index (χ0v) is 10.6. The van der Waals surface area contributed by atoms with Crippen molar-refractivity contribution >= 4 is 11.6 Å². The molecule has 0 aromatic carbocycles. The highest BCUT2D eigenvalue weighted by atomic mass is 16.4. The molecule has 5 heteroatoms. The number of pyridine rings is 1. The molecule has 0 aliphatic carbocycles. The van der Waals surface area contributed by atoms with Gasteiger partial charge in [0.25, 0.3) is 5.91 Å². The van der Waals surface area contributed by atoms with Crippen LogP contribution in [0.4, 0.5) is 0 Å². The van der Waals surface area contributed by atoms with E-state index in [1.807, 2.05) is 19.9 Å². The number of likely N-dealkylation sites (tertiary alicyclic amines) is 1. The third-order valence-electron chi connectivity index (χ3n) is 3.24. The minimum absolute atomic E-state index is 0.00459. The molecule has 1 unspecified atom stereocenters. The maximum Gasteiger partial charge on any atom is 0.255 e. The molecule has 1 aromatic heterocycles. The zero-order valence-electron chi connectivity index (χ0n) is 10.6. The fraction of sp³-hybridized carbons (Fsp3) is 0.462. The van der Waals surface area contributed by atoms with E-state index in [1.54, 1.807) is 17.3 Å². The quantitative estimate of drug-likeness (QED) is 0.606. The average molecular weight is 247 g/mol. The lowest BCUT2D eigenvalue weighted by Gasteiger charge is -2.31. The monoisotopic (exact) mass is 247 g/mol. The predicted molar refractivity (Wildman–Crippen MR) is 67.9 cm³/mol. The van der Waals surface area contributed by atoms with Crippen LogP contribution in [-0.4, -0.2) is 39.8 Å². The van der Waals surface area contributed by atoms with Crippen molar-refractivity contribution in [2.75, 3.05) is 13.1 Å². The fourth-order valence-electron chi connectivity index (χ4n) is 2.21. The fourth-order valence-corrected chi connectivity index (χ4v) is 2.21. The van der Waals surface area contributed by atoms with E-state index >= 15 is 0 Å². The lowest BCUT2D eigenvalue weighted by molar-refractivity contribution is 0.0733. The number of hydrogen-bond acceptors (Lipinski definition) is 4. The van der Waals surface area contributed by atoms with Crippen LogP contribution in [0, 0.1) is 12.8 Å². The predicted octanol–water partition coefficient (Wildman–Crippen LogP) is 1.70. The van der Waals surface area contributed by atoms with Crippen molar-refractivity contribution in [3.05, 3.63) is 29.6 Å². The molecule has 0 bridgehead atoms. The van der Waals surface area contributed by atoms with Gasteiger partial charge in [-0.3, -0.25) is 9.78 Å². The number of piperidine rings is 1. The van der Waals surface area contributed by atoms with Gasteiger partial charge in [-0.15, -0.1) is 0 Å². The van der Waals surface area contributed by atoms with Gasteiger partial charge in [0.2, 0.25) is 0 Å². The summed E-state index contributed by atoms with van der Waals surface area (Å²) in [6, 6.07) is 1.84. The summed E-state index contributed by atoms with van der Waals surface area (Å²) in [5.74, 6) is 0.0977. The van der Waals surface area contributed by atoms with Crippen LogP contribution in [0.3, 0.4) is 0 Å². The molecule has 1 aliphatic heterocycles. The first-order chi connectivity index (χ1) is 8.61. The number of aromatic nitrogens is 1. The van der Waals surface area contributed by atoms with E-state index in [-0.39, 0.29) is 11.8 Å². The lowest BCUT2D eigenvalue weighted by atomic mass is 9.97. The molecule has 1 aromatic rings. The molecule has 18 heavy (non-hydrogen) atoms. The summed E-state index contributed by atoms with van der Waals surface area (Å²) >= 11 is 0. The molecule has 0 radical (unpaired) electrons. The smallest absolute Gasteiger partial charge is 0.255 e. The Labute approximate surface area is 106 Å². The second kappa shape index (κ2) is 5.16. The van der Waals surface area contributed by atoms with E-state index in [0.29, 0.717) is 25.1 Å². The Morgan fingerprint density at radius 2 is 2.33 bits per heavy atom. The Kier molecular flexibility index (Phi) is 3.60. The van der Waals surface area contributed by atoms with Gasteiger partial charge in [-0.2, -0.15) is 0 Å². The first-order valence-corrected chi connectivity index (χ1v) is 6.03. The number of carbonyl (C=O) groups is 1. The van der Waals surface area contributed by atoms with Crippen molar-refractivity contribution in [2.24, 2.45) is 11.1 Å². The van der Waals surface area contributed by atoms with Gasteiger partial charge in [0.05, 0.1) is 11.3 Å². The van der Waals surface area contributed by atoms with Crippen LogP contribution in [0.25, 0.3) is 0 Å². The number of carbonyl (C=O) groups excluding carboxylic acids is 1. The third kappa shape index (κ3) is 2.50. The van der Waals surface area contributed by atoms with E-state index in [4.69, 9.17) is 5.21 Å². The second-order valence-electron chi connectivity index (χ2n) is 4.74. The summed E-state index contributed by atoms with van der Waals surface area (Å²) < 4.78 is 0. The molecule has 2 heterocycles. The summed E-state index contributed by atoms with van der Waals surface area (Å²) in [7, 11) is 0. The van der Waals surface area contributed by atoms with Crippen molar-refractivity contribution in [3.63, 3.8) is 0 Å². The number of amides is 1. The molecule has 96 valence electrons. The molecule has 2 rings (SSSR count). The molecule has 1 saturated heterocycles. The summed E-state index contributed by atoms with van der Waals surface area (Å²) in [5.41, 5.74) is 2.36. The maximum absolute atomic E-state index is 12.3. The molecule has 1 atom stereocenters. The van der Waals surface area contributed by atoms with Crippen LogP contribution in [0.2, 0.25) is 0 Å². The molecule has 0 saturated carbocycles. The Bertz CT molecular complexity index is 485. The maximum atomic E-state index is 12.3. The number of aryl methyl sites for hydroxylation is 1. The SMILES string of the molecule is Cc1cncc(C(=O)N2CC/C(=N\O)C(C)C2)c1. The lowest BCUT2D eigenvalue weighted by Crippen LogP contribution is -2.43. The third-order valence-corrected chi connectivity index (χ3v) is 3.24. The highest BCUT2D eigenvalue weighted by molar-refractivity contribution is 5.96. The summed E-state index contributed by atoms with van der Waals surface area (Å²) in [6.45, 7) is 5.06. The molecular formula is C13H17N3O2. The minimum atomic E-state index is -0.00459. The Hall–Kier alpha value is -1.91. The largest absolute Gasteiger partial charge is 0.411 e. The minimum Gasteiger partial charge on any atom is -0.411 e. The van der Waals surface area contributed by atoms with Gasteiger partial charge >= 0.3 is 0 Å². The van der Waals surface area contributed by atoms with Gasteiger partial charge in [-0.1, -0.05) is 12.1 Å². The van der Waals surface area contributed by atoms with Gasteiger partial charge in [0.15, 0.2) is 0 Å². The van der Waals surface area contributed by atoms with Gasteiger partial charge in [-0.05, 0) is 18.6 Å². The van der Waals surface area contributed by atoms with Gasteiger partial charge in [-0.25, -0.2) is 0 Å². The van der Waals surface area contributed by atoms with Crippen LogP contribution in [0.1, 0.15) is 29.3 Å². The molecule has 1 N–H and O–H groups in total. The first-order valence-electron chi connectivity index (χ1n) is 6.03. The first kappa shape index (κ1) is 12.5. The van der Waals surface area contributed by atoms with E-state index < -0.39 is 0 Å².